The number of carbonyl (C=O) groups excluding carboxylic acids is 1. The Kier molecular flexibility index (Phi) is 5.83. The zero-order chi connectivity index (χ0) is 16.3. The highest BCUT2D eigenvalue weighted by Gasteiger charge is 2.25. The predicted molar refractivity (Wildman–Crippen MR) is 82.7 cm³/mol. The molecule has 1 aromatic rings. The topological polar surface area (TPSA) is 101 Å². The molecule has 0 aliphatic heterocycles. The van der Waals surface area contributed by atoms with Gasteiger partial charge < -0.3 is 5.32 Å². The standard InChI is InChI=1S/C12H22N4O3S2/c1-6-7-8(2)16-21(18,19)11-15-14-10(20-11)13-9(17)12(3,4)5/h8,16H,6-7H2,1-5H3,(H,13,14,17). The second-order valence-electron chi connectivity index (χ2n) is 5.89. The van der Waals surface area contributed by atoms with Gasteiger partial charge in [-0.05, 0) is 13.3 Å². The van der Waals surface area contributed by atoms with Crippen molar-refractivity contribution in [2.45, 2.75) is 57.8 Å². The highest BCUT2D eigenvalue weighted by molar-refractivity contribution is 7.91. The molecule has 0 fully saturated rings. The van der Waals surface area contributed by atoms with Crippen LogP contribution in [0.4, 0.5) is 5.13 Å². The molecule has 2 N–H and O–H groups in total. The average Bonchev–Trinajstić information content (AvgIpc) is 2.76. The van der Waals surface area contributed by atoms with E-state index in [9.17, 15) is 13.2 Å². The van der Waals surface area contributed by atoms with Gasteiger partial charge in [-0.1, -0.05) is 45.5 Å². The molecule has 1 amide bonds. The van der Waals surface area contributed by atoms with E-state index < -0.39 is 15.4 Å². The van der Waals surface area contributed by atoms with E-state index in [1.807, 2.05) is 6.92 Å². The fraction of sp³-hybridized carbons (Fsp3) is 0.750. The lowest BCUT2D eigenvalue weighted by Gasteiger charge is -2.15. The van der Waals surface area contributed by atoms with E-state index in [1.165, 1.54) is 0 Å². The number of amides is 1. The normalized spacial score (nSPS) is 14.0. The number of sulfonamides is 1. The summed E-state index contributed by atoms with van der Waals surface area (Å²) in [5.74, 6) is -0.241. The van der Waals surface area contributed by atoms with Crippen LogP contribution in [0.25, 0.3) is 0 Å². The molecule has 1 aromatic heterocycles. The van der Waals surface area contributed by atoms with Crippen molar-refractivity contribution >= 4 is 32.4 Å². The molecule has 21 heavy (non-hydrogen) atoms. The Hall–Kier alpha value is -1.06. The summed E-state index contributed by atoms with van der Waals surface area (Å²) in [7, 11) is -3.69. The van der Waals surface area contributed by atoms with Gasteiger partial charge in [-0.15, -0.1) is 10.2 Å². The lowest BCUT2D eigenvalue weighted by Crippen LogP contribution is -2.32. The first-order chi connectivity index (χ1) is 9.56. The van der Waals surface area contributed by atoms with Crippen molar-refractivity contribution in [3.63, 3.8) is 0 Å². The van der Waals surface area contributed by atoms with Crippen LogP contribution in [0, 0.1) is 5.41 Å². The Balaban J connectivity index is 2.81. The molecular formula is C12H22N4O3S2. The van der Waals surface area contributed by atoms with E-state index in [4.69, 9.17) is 0 Å². The van der Waals surface area contributed by atoms with Crippen LogP contribution in [0.15, 0.2) is 4.34 Å². The highest BCUT2D eigenvalue weighted by atomic mass is 32.2. The van der Waals surface area contributed by atoms with Crippen LogP contribution >= 0.6 is 11.3 Å². The summed E-state index contributed by atoms with van der Waals surface area (Å²) < 4.78 is 26.6. The third-order valence-corrected chi connectivity index (χ3v) is 5.41. The minimum atomic E-state index is -3.69. The van der Waals surface area contributed by atoms with Crippen LogP contribution in [-0.2, 0) is 14.8 Å². The summed E-state index contributed by atoms with van der Waals surface area (Å²) in [5.41, 5.74) is -0.585. The van der Waals surface area contributed by atoms with Crippen molar-refractivity contribution in [3.05, 3.63) is 0 Å². The van der Waals surface area contributed by atoms with Gasteiger partial charge in [-0.25, -0.2) is 13.1 Å². The van der Waals surface area contributed by atoms with Gasteiger partial charge in [0.25, 0.3) is 10.0 Å². The van der Waals surface area contributed by atoms with Crippen LogP contribution in [-0.4, -0.2) is 30.6 Å². The van der Waals surface area contributed by atoms with Crippen molar-refractivity contribution < 1.29 is 13.2 Å². The van der Waals surface area contributed by atoms with Gasteiger partial charge in [0, 0.05) is 11.5 Å². The van der Waals surface area contributed by atoms with E-state index in [0.717, 1.165) is 24.2 Å². The van der Waals surface area contributed by atoms with E-state index in [1.54, 1.807) is 27.7 Å². The summed E-state index contributed by atoms with van der Waals surface area (Å²) in [4.78, 5) is 11.8. The second kappa shape index (κ2) is 6.80. The maximum Gasteiger partial charge on any atom is 0.270 e. The lowest BCUT2D eigenvalue weighted by molar-refractivity contribution is -0.123. The van der Waals surface area contributed by atoms with E-state index in [0.29, 0.717) is 0 Å². The number of anilines is 1. The molecule has 0 saturated heterocycles. The Morgan fingerprint density at radius 1 is 1.33 bits per heavy atom. The molecule has 0 aromatic carbocycles. The van der Waals surface area contributed by atoms with Crippen LogP contribution in [0.5, 0.6) is 0 Å². The Bertz CT molecular complexity index is 590. The second-order valence-corrected chi connectivity index (χ2v) is 8.75. The van der Waals surface area contributed by atoms with Crippen LogP contribution in [0.1, 0.15) is 47.5 Å². The summed E-state index contributed by atoms with van der Waals surface area (Å²) in [5, 5.41) is 10.1. The summed E-state index contributed by atoms with van der Waals surface area (Å²) >= 11 is 0.840. The summed E-state index contributed by atoms with van der Waals surface area (Å²) in [6.45, 7) is 9.05. The first-order valence-corrected chi connectivity index (χ1v) is 9.03. The van der Waals surface area contributed by atoms with Crippen LogP contribution in [0.2, 0.25) is 0 Å². The number of carbonyl (C=O) groups is 1. The number of aromatic nitrogens is 2. The zero-order valence-corrected chi connectivity index (χ0v) is 14.6. The Labute approximate surface area is 129 Å². The van der Waals surface area contributed by atoms with E-state index in [-0.39, 0.29) is 21.4 Å². The first kappa shape index (κ1) is 18.0. The van der Waals surface area contributed by atoms with Gasteiger partial charge in [0.1, 0.15) is 0 Å². The number of nitrogens with one attached hydrogen (secondary N) is 2. The molecule has 7 nitrogen and oxygen atoms in total. The highest BCUT2D eigenvalue weighted by Crippen LogP contribution is 2.23. The molecule has 1 heterocycles. The maximum atomic E-state index is 12.1. The van der Waals surface area contributed by atoms with Crippen molar-refractivity contribution in [1.82, 2.24) is 14.9 Å². The van der Waals surface area contributed by atoms with Gasteiger partial charge >= 0.3 is 0 Å². The SMILES string of the molecule is CCCC(C)NS(=O)(=O)c1nnc(NC(=O)C(C)(C)C)s1. The molecule has 1 atom stereocenters. The zero-order valence-electron chi connectivity index (χ0n) is 12.9. The Morgan fingerprint density at radius 3 is 2.48 bits per heavy atom. The monoisotopic (exact) mass is 334 g/mol. The molecule has 0 bridgehead atoms. The third-order valence-electron chi connectivity index (χ3n) is 2.62. The van der Waals surface area contributed by atoms with Crippen LogP contribution in [0.3, 0.4) is 0 Å². The molecule has 0 aliphatic carbocycles. The average molecular weight is 334 g/mol. The molecule has 1 unspecified atom stereocenters. The quantitative estimate of drug-likeness (QED) is 0.775. The van der Waals surface area contributed by atoms with Gasteiger partial charge in [0.15, 0.2) is 0 Å². The maximum absolute atomic E-state index is 12.1. The molecule has 9 heteroatoms. The first-order valence-electron chi connectivity index (χ1n) is 6.73. The molecule has 0 aliphatic rings. The van der Waals surface area contributed by atoms with Crippen molar-refractivity contribution in [2.75, 3.05) is 5.32 Å². The Morgan fingerprint density at radius 2 is 1.95 bits per heavy atom. The van der Waals surface area contributed by atoms with Crippen molar-refractivity contribution in [3.8, 4) is 0 Å². The molecule has 120 valence electrons. The van der Waals surface area contributed by atoms with Crippen LogP contribution < -0.4 is 10.0 Å². The fourth-order valence-electron chi connectivity index (χ4n) is 1.46. The number of rotatable bonds is 6. The smallest absolute Gasteiger partial charge is 0.270 e. The van der Waals surface area contributed by atoms with Crippen molar-refractivity contribution in [1.29, 1.82) is 0 Å². The van der Waals surface area contributed by atoms with Gasteiger partial charge in [0.2, 0.25) is 15.4 Å². The van der Waals surface area contributed by atoms with Crippen molar-refractivity contribution in [2.24, 2.45) is 5.41 Å². The van der Waals surface area contributed by atoms with E-state index >= 15 is 0 Å². The lowest BCUT2D eigenvalue weighted by atomic mass is 9.96. The number of hydrogen-bond donors (Lipinski definition) is 2. The minimum absolute atomic E-state index is 0.144. The summed E-state index contributed by atoms with van der Waals surface area (Å²) in [6.07, 6.45) is 1.62. The summed E-state index contributed by atoms with van der Waals surface area (Å²) in [6, 6.07) is -0.170. The number of hydrogen-bond acceptors (Lipinski definition) is 6. The molecular weight excluding hydrogens is 312 g/mol. The minimum Gasteiger partial charge on any atom is -0.300 e. The molecule has 0 radical (unpaired) electrons. The number of nitrogens with zero attached hydrogens (tertiary/aromatic N) is 2. The molecule has 0 saturated carbocycles. The molecule has 0 spiro atoms. The van der Waals surface area contributed by atoms with Gasteiger partial charge in [-0.2, -0.15) is 0 Å². The van der Waals surface area contributed by atoms with E-state index in [2.05, 4.69) is 20.2 Å². The van der Waals surface area contributed by atoms with Gasteiger partial charge in [-0.3, -0.25) is 4.79 Å². The third kappa shape index (κ3) is 5.33. The largest absolute Gasteiger partial charge is 0.300 e. The van der Waals surface area contributed by atoms with Gasteiger partial charge in [0.05, 0.1) is 0 Å². The predicted octanol–water partition coefficient (Wildman–Crippen LogP) is 1.99. The fourth-order valence-corrected chi connectivity index (χ4v) is 3.65. The molecule has 1 rings (SSSR count).